The quantitative estimate of drug-likeness (QED) is 0.491. The minimum Gasteiger partial charge on any atom is -0.491 e. The molecule has 0 bridgehead atoms. The van der Waals surface area contributed by atoms with Crippen LogP contribution >= 0.6 is 0 Å². The highest BCUT2D eigenvalue weighted by atomic mass is 16.7. The smallest absolute Gasteiger partial charge is 0.491 e. The van der Waals surface area contributed by atoms with Gasteiger partial charge in [-0.1, -0.05) is 42.5 Å². The van der Waals surface area contributed by atoms with E-state index >= 15 is 0 Å². The summed E-state index contributed by atoms with van der Waals surface area (Å²) >= 11 is 0. The first kappa shape index (κ1) is 23.5. The van der Waals surface area contributed by atoms with Crippen molar-refractivity contribution in [1.82, 2.24) is 0 Å². The first-order valence-electron chi connectivity index (χ1n) is 10.5. The highest BCUT2D eigenvalue weighted by molar-refractivity contribution is 6.64. The molecule has 1 N–H and O–H groups in total. The molecule has 7 heteroatoms. The molecule has 2 unspecified atom stereocenters. The normalized spacial score (nSPS) is 19.1. The zero-order chi connectivity index (χ0) is 22.6. The van der Waals surface area contributed by atoms with Gasteiger partial charge in [0.25, 0.3) is 0 Å². The average molecular weight is 426 g/mol. The van der Waals surface area contributed by atoms with Gasteiger partial charge in [0, 0.05) is 11.0 Å². The molecule has 1 aliphatic heterocycles. The molecule has 3 rings (SSSR count). The van der Waals surface area contributed by atoms with E-state index in [2.05, 4.69) is 0 Å². The van der Waals surface area contributed by atoms with Gasteiger partial charge in [-0.3, -0.25) is 4.79 Å². The van der Waals surface area contributed by atoms with Gasteiger partial charge < -0.3 is 23.9 Å². The van der Waals surface area contributed by atoms with Crippen LogP contribution in [0.15, 0.2) is 48.5 Å². The molecule has 0 amide bonds. The number of carbonyl (C=O) groups excluding carboxylic acids is 1. The summed E-state index contributed by atoms with van der Waals surface area (Å²) in [5.41, 5.74) is 0.887. The van der Waals surface area contributed by atoms with Crippen LogP contribution in [0.3, 0.4) is 0 Å². The average Bonchev–Trinajstić information content (AvgIpc) is 2.97. The maximum absolute atomic E-state index is 11.7. The summed E-state index contributed by atoms with van der Waals surface area (Å²) in [6, 6.07) is 14.9. The van der Waals surface area contributed by atoms with Crippen LogP contribution in [0.5, 0.6) is 5.75 Å². The van der Waals surface area contributed by atoms with Crippen LogP contribution in [0.4, 0.5) is 0 Å². The highest BCUT2D eigenvalue weighted by Crippen LogP contribution is 2.37. The number of rotatable bonds is 9. The number of hydrogen-bond donors (Lipinski definition) is 1. The van der Waals surface area contributed by atoms with E-state index in [1.807, 2.05) is 58.0 Å². The standard InChI is InChI=1S/C24H31BO6/c1-17(28-15-18-10-7-6-8-11-18)20(27)16-29-21-13-9-12-19(14-26)22(21)25-30-23(2,3)24(4,5)31-25/h6-14,17,20,27H,15-16H2,1-5H3. The number of hydrogen-bond acceptors (Lipinski definition) is 6. The molecule has 2 aromatic carbocycles. The molecule has 31 heavy (non-hydrogen) atoms. The van der Waals surface area contributed by atoms with Crippen molar-refractivity contribution in [3.63, 3.8) is 0 Å². The van der Waals surface area contributed by atoms with Gasteiger partial charge in [0.15, 0.2) is 0 Å². The fraction of sp³-hybridized carbons (Fsp3) is 0.458. The summed E-state index contributed by atoms with van der Waals surface area (Å²) in [6.45, 7) is 10.0. The molecule has 0 aromatic heterocycles. The van der Waals surface area contributed by atoms with Gasteiger partial charge in [-0.05, 0) is 46.2 Å². The second-order valence-corrected chi connectivity index (χ2v) is 8.85. The molecule has 1 aliphatic rings. The maximum Gasteiger partial charge on any atom is 0.499 e. The van der Waals surface area contributed by atoms with Crippen LogP contribution < -0.4 is 10.2 Å². The summed E-state index contributed by atoms with van der Waals surface area (Å²) < 4.78 is 23.9. The molecule has 0 radical (unpaired) electrons. The predicted octanol–water partition coefficient (Wildman–Crippen LogP) is 3.14. The van der Waals surface area contributed by atoms with E-state index in [-0.39, 0.29) is 6.61 Å². The van der Waals surface area contributed by atoms with E-state index in [4.69, 9.17) is 18.8 Å². The number of aliphatic hydroxyl groups excluding tert-OH is 1. The van der Waals surface area contributed by atoms with E-state index in [0.29, 0.717) is 23.4 Å². The fourth-order valence-electron chi connectivity index (χ4n) is 3.23. The van der Waals surface area contributed by atoms with Crippen LogP contribution in [0, 0.1) is 0 Å². The summed E-state index contributed by atoms with van der Waals surface area (Å²) in [6.07, 6.45) is -0.528. The summed E-state index contributed by atoms with van der Waals surface area (Å²) in [5.74, 6) is 0.442. The van der Waals surface area contributed by atoms with Gasteiger partial charge >= 0.3 is 7.12 Å². The minimum absolute atomic E-state index is 0.00473. The summed E-state index contributed by atoms with van der Waals surface area (Å²) in [5, 5.41) is 10.5. The lowest BCUT2D eigenvalue weighted by molar-refractivity contribution is -0.0510. The number of aliphatic hydroxyl groups is 1. The zero-order valence-electron chi connectivity index (χ0n) is 18.8. The Hall–Kier alpha value is -2.19. The van der Waals surface area contributed by atoms with Crippen LogP contribution in [0.2, 0.25) is 0 Å². The first-order chi connectivity index (χ1) is 14.6. The Balaban J connectivity index is 1.68. The van der Waals surface area contributed by atoms with Crippen molar-refractivity contribution in [2.45, 2.75) is 64.6 Å². The molecule has 166 valence electrons. The van der Waals surface area contributed by atoms with Gasteiger partial charge in [0.05, 0.1) is 23.9 Å². The molecule has 2 aromatic rings. The second kappa shape index (κ2) is 9.53. The summed E-state index contributed by atoms with van der Waals surface area (Å²) in [4.78, 5) is 11.7. The lowest BCUT2D eigenvalue weighted by atomic mass is 9.75. The monoisotopic (exact) mass is 426 g/mol. The third-order valence-corrected chi connectivity index (χ3v) is 6.02. The van der Waals surface area contributed by atoms with Crippen LogP contribution in [0.1, 0.15) is 50.5 Å². The van der Waals surface area contributed by atoms with Gasteiger partial charge in [-0.2, -0.15) is 0 Å². The molecule has 6 nitrogen and oxygen atoms in total. The third-order valence-electron chi connectivity index (χ3n) is 6.02. The van der Waals surface area contributed by atoms with Crippen molar-refractivity contribution >= 4 is 18.9 Å². The van der Waals surface area contributed by atoms with Crippen molar-refractivity contribution in [1.29, 1.82) is 0 Å². The molecule has 1 fully saturated rings. The van der Waals surface area contributed by atoms with Crippen molar-refractivity contribution in [3.05, 3.63) is 59.7 Å². The number of benzene rings is 2. The van der Waals surface area contributed by atoms with E-state index in [1.54, 1.807) is 25.1 Å². The molecule has 2 atom stereocenters. The fourth-order valence-corrected chi connectivity index (χ4v) is 3.23. The van der Waals surface area contributed by atoms with E-state index in [0.717, 1.165) is 11.8 Å². The van der Waals surface area contributed by atoms with E-state index in [1.165, 1.54) is 0 Å². The molecule has 1 saturated heterocycles. The second-order valence-electron chi connectivity index (χ2n) is 8.85. The number of aldehydes is 1. The number of ether oxygens (including phenoxy) is 2. The lowest BCUT2D eigenvalue weighted by Gasteiger charge is -2.32. The Bertz CT molecular complexity index is 867. The van der Waals surface area contributed by atoms with Crippen LogP contribution in [-0.2, 0) is 20.7 Å². The highest BCUT2D eigenvalue weighted by Gasteiger charge is 2.53. The topological polar surface area (TPSA) is 74.2 Å². The van der Waals surface area contributed by atoms with Crippen molar-refractivity contribution in [3.8, 4) is 5.75 Å². The maximum atomic E-state index is 11.7. The molecular formula is C24H31BO6. The molecule has 0 aliphatic carbocycles. The Morgan fingerprint density at radius 1 is 1.03 bits per heavy atom. The summed E-state index contributed by atoms with van der Waals surface area (Å²) in [7, 11) is -0.745. The van der Waals surface area contributed by atoms with E-state index < -0.39 is 30.5 Å². The first-order valence-corrected chi connectivity index (χ1v) is 10.5. The molecule has 1 heterocycles. The SMILES string of the molecule is CC(OCc1ccccc1)C(O)COc1cccc(C=O)c1B1OC(C)(C)C(C)(C)O1. The molecule has 0 spiro atoms. The van der Waals surface area contributed by atoms with Crippen molar-refractivity contribution in [2.24, 2.45) is 0 Å². The number of carbonyl (C=O) groups is 1. The largest absolute Gasteiger partial charge is 0.499 e. The minimum atomic E-state index is -0.852. The van der Waals surface area contributed by atoms with Crippen molar-refractivity contribution < 1.29 is 28.7 Å². The van der Waals surface area contributed by atoms with E-state index in [9.17, 15) is 9.90 Å². The Labute approximate surface area is 184 Å². The third kappa shape index (κ3) is 5.36. The van der Waals surface area contributed by atoms with Gasteiger partial charge in [-0.15, -0.1) is 0 Å². The Morgan fingerprint density at radius 2 is 1.68 bits per heavy atom. The van der Waals surface area contributed by atoms with Crippen molar-refractivity contribution in [2.75, 3.05) is 6.61 Å². The molecule has 0 saturated carbocycles. The predicted molar refractivity (Wildman–Crippen MR) is 120 cm³/mol. The molecular weight excluding hydrogens is 395 g/mol. The van der Waals surface area contributed by atoms with Crippen LogP contribution in [0.25, 0.3) is 0 Å². The lowest BCUT2D eigenvalue weighted by Crippen LogP contribution is -2.41. The Morgan fingerprint density at radius 3 is 2.29 bits per heavy atom. The Kier molecular flexibility index (Phi) is 7.22. The van der Waals surface area contributed by atoms with Gasteiger partial charge in [-0.25, -0.2) is 0 Å². The zero-order valence-corrected chi connectivity index (χ0v) is 18.8. The van der Waals surface area contributed by atoms with Gasteiger partial charge in [0.1, 0.15) is 24.7 Å². The van der Waals surface area contributed by atoms with Crippen LogP contribution in [-0.4, -0.2) is 48.5 Å². The van der Waals surface area contributed by atoms with Gasteiger partial charge in [0.2, 0.25) is 0 Å².